The minimum Gasteiger partial charge on any atom is -0.492 e. The molecule has 170 valence electrons. The van der Waals surface area contributed by atoms with Gasteiger partial charge in [-0.3, -0.25) is 9.69 Å². The lowest BCUT2D eigenvalue weighted by Crippen LogP contribution is -2.38. The first-order valence-electron chi connectivity index (χ1n) is 11.3. The number of halogens is 1. The average molecular weight is 493 g/mol. The molecule has 1 saturated carbocycles. The number of anilines is 1. The molecule has 2 fully saturated rings. The molecule has 0 spiro atoms. The van der Waals surface area contributed by atoms with E-state index < -0.39 is 0 Å². The quantitative estimate of drug-likeness (QED) is 0.607. The molecular weight excluding hydrogens is 460 g/mol. The number of rotatable bonds is 7. The monoisotopic (exact) mass is 492 g/mol. The number of hydrazine groups is 1. The maximum absolute atomic E-state index is 12.7. The number of morpholine rings is 1. The molecule has 0 bridgehead atoms. The highest BCUT2D eigenvalue weighted by atomic mass is 79.9. The molecule has 8 heteroatoms. The summed E-state index contributed by atoms with van der Waals surface area (Å²) in [5, 5.41) is 5.15. The van der Waals surface area contributed by atoms with Gasteiger partial charge in [0.05, 0.1) is 25.0 Å². The lowest BCUT2D eigenvalue weighted by molar-refractivity contribution is -0.119. The number of benzene rings is 1. The van der Waals surface area contributed by atoms with Crippen LogP contribution in [0.5, 0.6) is 5.75 Å². The van der Waals surface area contributed by atoms with E-state index in [9.17, 15) is 4.79 Å². The SMILES string of the molecule is CC1NN(C)C(c2cc(NC(=O)C3CCCC3)ccc2OCCN2CCOCC2)=C1Br. The van der Waals surface area contributed by atoms with Crippen LogP contribution in [0.3, 0.4) is 0 Å². The van der Waals surface area contributed by atoms with Crippen molar-refractivity contribution in [3.8, 4) is 5.75 Å². The van der Waals surface area contributed by atoms with E-state index in [1.165, 1.54) is 0 Å². The largest absolute Gasteiger partial charge is 0.492 e. The molecule has 1 aromatic rings. The molecule has 4 rings (SSSR count). The molecule has 1 unspecified atom stereocenters. The van der Waals surface area contributed by atoms with Gasteiger partial charge < -0.3 is 19.8 Å². The Kier molecular flexibility index (Phi) is 7.53. The number of amides is 1. The van der Waals surface area contributed by atoms with E-state index in [1.54, 1.807) is 0 Å². The Bertz CT molecular complexity index is 819. The summed E-state index contributed by atoms with van der Waals surface area (Å²) in [7, 11) is 2.00. The zero-order valence-electron chi connectivity index (χ0n) is 18.5. The molecule has 1 aromatic carbocycles. The summed E-state index contributed by atoms with van der Waals surface area (Å²) in [6.45, 7) is 7.06. The van der Waals surface area contributed by atoms with Crippen LogP contribution >= 0.6 is 15.9 Å². The molecule has 31 heavy (non-hydrogen) atoms. The van der Waals surface area contributed by atoms with Gasteiger partial charge in [-0.1, -0.05) is 28.8 Å². The third kappa shape index (κ3) is 5.42. The Hall–Kier alpha value is -1.61. The number of hydrogen-bond acceptors (Lipinski definition) is 6. The van der Waals surface area contributed by atoms with Crippen LogP contribution in [0.15, 0.2) is 22.7 Å². The Labute approximate surface area is 193 Å². The first kappa shape index (κ1) is 22.6. The Morgan fingerprint density at radius 3 is 2.71 bits per heavy atom. The number of hydrogen-bond donors (Lipinski definition) is 2. The van der Waals surface area contributed by atoms with E-state index in [0.717, 1.165) is 85.7 Å². The van der Waals surface area contributed by atoms with Crippen molar-refractivity contribution in [2.45, 2.75) is 38.6 Å². The van der Waals surface area contributed by atoms with Gasteiger partial charge in [-0.15, -0.1) is 0 Å². The van der Waals surface area contributed by atoms with E-state index >= 15 is 0 Å². The summed E-state index contributed by atoms with van der Waals surface area (Å²) < 4.78 is 12.7. The van der Waals surface area contributed by atoms with Crippen LogP contribution in [-0.4, -0.2) is 68.4 Å². The van der Waals surface area contributed by atoms with E-state index in [4.69, 9.17) is 9.47 Å². The summed E-state index contributed by atoms with van der Waals surface area (Å²) in [5.74, 6) is 1.08. The highest BCUT2D eigenvalue weighted by Gasteiger charge is 2.28. The van der Waals surface area contributed by atoms with E-state index in [1.807, 2.05) is 30.3 Å². The minimum absolute atomic E-state index is 0.128. The van der Waals surface area contributed by atoms with Crippen LogP contribution in [0.25, 0.3) is 5.70 Å². The van der Waals surface area contributed by atoms with Gasteiger partial charge in [-0.05, 0) is 38.0 Å². The number of carbonyl (C=O) groups is 1. The van der Waals surface area contributed by atoms with E-state index in [2.05, 4.69) is 38.5 Å². The minimum atomic E-state index is 0.128. The van der Waals surface area contributed by atoms with Crippen molar-refractivity contribution < 1.29 is 14.3 Å². The zero-order valence-corrected chi connectivity index (χ0v) is 20.0. The van der Waals surface area contributed by atoms with E-state index in [-0.39, 0.29) is 17.9 Å². The first-order chi connectivity index (χ1) is 15.0. The highest BCUT2D eigenvalue weighted by molar-refractivity contribution is 9.11. The molecule has 0 radical (unpaired) electrons. The third-order valence-corrected chi connectivity index (χ3v) is 7.39. The van der Waals surface area contributed by atoms with Crippen molar-refractivity contribution in [2.75, 3.05) is 51.8 Å². The van der Waals surface area contributed by atoms with E-state index in [0.29, 0.717) is 6.61 Å². The maximum Gasteiger partial charge on any atom is 0.227 e. The van der Waals surface area contributed by atoms with Gasteiger partial charge in [-0.25, -0.2) is 5.43 Å². The summed E-state index contributed by atoms with van der Waals surface area (Å²) in [6, 6.07) is 6.13. The van der Waals surface area contributed by atoms with Gasteiger partial charge in [0.1, 0.15) is 12.4 Å². The molecule has 2 N–H and O–H groups in total. The summed E-state index contributed by atoms with van der Waals surface area (Å²) in [4.78, 5) is 15.0. The van der Waals surface area contributed by atoms with Gasteiger partial charge in [0.25, 0.3) is 0 Å². The molecule has 1 amide bonds. The summed E-state index contributed by atoms with van der Waals surface area (Å²) >= 11 is 3.75. The van der Waals surface area contributed by atoms with Crippen molar-refractivity contribution in [1.29, 1.82) is 0 Å². The molecule has 2 aliphatic heterocycles. The van der Waals surface area contributed by atoms with Crippen LogP contribution in [-0.2, 0) is 9.53 Å². The van der Waals surface area contributed by atoms with Crippen molar-refractivity contribution in [2.24, 2.45) is 5.92 Å². The van der Waals surface area contributed by atoms with Crippen molar-refractivity contribution in [1.82, 2.24) is 15.3 Å². The van der Waals surface area contributed by atoms with Crippen LogP contribution in [0, 0.1) is 5.92 Å². The third-order valence-electron chi connectivity index (χ3n) is 6.33. The fraction of sp³-hybridized carbons (Fsp3) is 0.609. The smallest absolute Gasteiger partial charge is 0.227 e. The van der Waals surface area contributed by atoms with Gasteiger partial charge >= 0.3 is 0 Å². The molecule has 1 saturated heterocycles. The molecule has 2 heterocycles. The standard InChI is InChI=1S/C23H33BrN4O3/c1-16-21(24)22(27(2)26-16)19-15-18(25-23(29)17-5-3-4-6-17)7-8-20(19)31-14-11-28-9-12-30-13-10-28/h7-8,15-17,26H,3-6,9-14H2,1-2H3,(H,25,29). The van der Waals surface area contributed by atoms with Crippen LogP contribution in [0.4, 0.5) is 5.69 Å². The van der Waals surface area contributed by atoms with Gasteiger partial charge in [0, 0.05) is 48.3 Å². The van der Waals surface area contributed by atoms with Crippen LogP contribution in [0.2, 0.25) is 0 Å². The highest BCUT2D eigenvalue weighted by Crippen LogP contribution is 2.38. The second kappa shape index (κ2) is 10.3. The lowest BCUT2D eigenvalue weighted by Gasteiger charge is -2.27. The predicted octanol–water partition coefficient (Wildman–Crippen LogP) is 3.43. The predicted molar refractivity (Wildman–Crippen MR) is 126 cm³/mol. The number of nitrogens with one attached hydrogen (secondary N) is 2. The van der Waals surface area contributed by atoms with Gasteiger partial charge in [-0.2, -0.15) is 0 Å². The second-order valence-electron chi connectivity index (χ2n) is 8.59. The Balaban J connectivity index is 1.52. The fourth-order valence-electron chi connectivity index (χ4n) is 4.55. The molecule has 1 aliphatic carbocycles. The average Bonchev–Trinajstić information content (AvgIpc) is 3.39. The summed E-state index contributed by atoms with van der Waals surface area (Å²) in [5.41, 5.74) is 6.22. The normalized spacial score (nSPS) is 22.9. The number of nitrogens with zero attached hydrogens (tertiary/aromatic N) is 2. The first-order valence-corrected chi connectivity index (χ1v) is 12.1. The molecule has 7 nitrogen and oxygen atoms in total. The molecule has 3 aliphatic rings. The lowest BCUT2D eigenvalue weighted by atomic mass is 10.1. The Morgan fingerprint density at radius 1 is 1.29 bits per heavy atom. The van der Waals surface area contributed by atoms with Crippen molar-refractivity contribution in [3.05, 3.63) is 28.2 Å². The topological polar surface area (TPSA) is 66.1 Å². The molecule has 1 atom stereocenters. The number of ether oxygens (including phenoxy) is 2. The number of carbonyl (C=O) groups excluding carboxylic acids is 1. The summed E-state index contributed by atoms with van der Waals surface area (Å²) in [6.07, 6.45) is 4.27. The van der Waals surface area contributed by atoms with Gasteiger partial charge in [0.2, 0.25) is 5.91 Å². The zero-order chi connectivity index (χ0) is 21.8. The van der Waals surface area contributed by atoms with Gasteiger partial charge in [0.15, 0.2) is 0 Å². The molecule has 0 aromatic heterocycles. The molecular formula is C23H33BrN4O3. The Morgan fingerprint density at radius 2 is 2.03 bits per heavy atom. The van der Waals surface area contributed by atoms with Crippen LogP contribution in [0.1, 0.15) is 38.2 Å². The maximum atomic E-state index is 12.7. The fourth-order valence-corrected chi connectivity index (χ4v) is 5.13. The van der Waals surface area contributed by atoms with Crippen molar-refractivity contribution in [3.63, 3.8) is 0 Å². The van der Waals surface area contributed by atoms with Crippen LogP contribution < -0.4 is 15.5 Å². The second-order valence-corrected chi connectivity index (χ2v) is 9.44. The van der Waals surface area contributed by atoms with Crippen molar-refractivity contribution >= 4 is 33.2 Å².